The Kier molecular flexibility index (Phi) is 4.17. The van der Waals surface area contributed by atoms with Crippen LogP contribution in [0.2, 0.25) is 0 Å². The Balaban J connectivity index is 2.20. The van der Waals surface area contributed by atoms with Gasteiger partial charge in [-0.05, 0) is 38.0 Å². The molecule has 0 saturated carbocycles. The third-order valence-corrected chi connectivity index (χ3v) is 3.47. The highest BCUT2D eigenvalue weighted by molar-refractivity contribution is 5.95. The van der Waals surface area contributed by atoms with E-state index in [2.05, 4.69) is 0 Å². The minimum absolute atomic E-state index is 0.151. The average Bonchev–Trinajstić information content (AvgIpc) is 2.82. The van der Waals surface area contributed by atoms with Crippen molar-refractivity contribution in [2.24, 2.45) is 0 Å². The van der Waals surface area contributed by atoms with Gasteiger partial charge in [0.05, 0.1) is 0 Å². The summed E-state index contributed by atoms with van der Waals surface area (Å²) in [5.41, 5.74) is 0.446. The molecule has 1 N–H and O–H groups in total. The van der Waals surface area contributed by atoms with Crippen LogP contribution in [0, 0.1) is 5.82 Å². The Morgan fingerprint density at radius 3 is 2.75 bits per heavy atom. The molecule has 106 valence electrons. The highest BCUT2D eigenvalue weighted by atomic mass is 19.1. The molecule has 4 nitrogen and oxygen atoms in total. The largest absolute Gasteiger partial charge is 0.478 e. The Morgan fingerprint density at radius 2 is 2.20 bits per heavy atom. The van der Waals surface area contributed by atoms with Gasteiger partial charge in [0.15, 0.2) is 0 Å². The Hall–Kier alpha value is -2.17. The molecule has 0 aromatic heterocycles. The van der Waals surface area contributed by atoms with Crippen molar-refractivity contribution in [2.45, 2.75) is 25.8 Å². The molecule has 0 aliphatic carbocycles. The number of benzene rings is 1. The predicted octanol–water partition coefficient (Wildman–Crippen LogP) is 2.55. The highest BCUT2D eigenvalue weighted by Crippen LogP contribution is 2.21. The second kappa shape index (κ2) is 5.86. The van der Waals surface area contributed by atoms with E-state index in [0.29, 0.717) is 12.1 Å². The Morgan fingerprint density at radius 1 is 1.45 bits per heavy atom. The number of carbonyl (C=O) groups excluding carboxylic acids is 1. The molecule has 1 aromatic rings. The van der Waals surface area contributed by atoms with Crippen molar-refractivity contribution >= 4 is 18.0 Å². The van der Waals surface area contributed by atoms with Crippen LogP contribution in [0.5, 0.6) is 0 Å². The van der Waals surface area contributed by atoms with Crippen molar-refractivity contribution in [2.75, 3.05) is 6.54 Å². The van der Waals surface area contributed by atoms with Gasteiger partial charge in [-0.2, -0.15) is 0 Å². The number of nitrogens with zero attached hydrogens (tertiary/aromatic N) is 1. The van der Waals surface area contributed by atoms with E-state index >= 15 is 0 Å². The maximum absolute atomic E-state index is 13.8. The molecule has 1 saturated heterocycles. The van der Waals surface area contributed by atoms with E-state index in [-0.39, 0.29) is 17.5 Å². The van der Waals surface area contributed by atoms with Crippen molar-refractivity contribution < 1.29 is 19.1 Å². The number of hydrogen-bond acceptors (Lipinski definition) is 2. The maximum atomic E-state index is 13.8. The number of amides is 1. The van der Waals surface area contributed by atoms with Crippen LogP contribution in [0.1, 0.15) is 35.7 Å². The molecule has 1 aromatic carbocycles. The fraction of sp³-hybridized carbons (Fsp3) is 0.333. The van der Waals surface area contributed by atoms with Crippen LogP contribution < -0.4 is 0 Å². The topological polar surface area (TPSA) is 57.6 Å². The van der Waals surface area contributed by atoms with Gasteiger partial charge >= 0.3 is 5.97 Å². The van der Waals surface area contributed by atoms with Crippen LogP contribution in [-0.4, -0.2) is 34.5 Å². The quantitative estimate of drug-likeness (QED) is 0.864. The molecule has 2 rings (SSSR count). The molecule has 0 radical (unpaired) electrons. The van der Waals surface area contributed by atoms with Crippen LogP contribution in [-0.2, 0) is 4.79 Å². The zero-order chi connectivity index (χ0) is 14.7. The van der Waals surface area contributed by atoms with Gasteiger partial charge in [-0.1, -0.05) is 6.07 Å². The molecule has 20 heavy (non-hydrogen) atoms. The number of carboxylic acids is 1. The van der Waals surface area contributed by atoms with Crippen LogP contribution in [0.25, 0.3) is 6.08 Å². The number of halogens is 1. The summed E-state index contributed by atoms with van der Waals surface area (Å²) in [6, 6.07) is 4.28. The van der Waals surface area contributed by atoms with Crippen LogP contribution in [0.4, 0.5) is 4.39 Å². The Labute approximate surface area is 116 Å². The second-order valence-corrected chi connectivity index (χ2v) is 4.90. The van der Waals surface area contributed by atoms with Crippen molar-refractivity contribution in [1.82, 2.24) is 4.90 Å². The molecular formula is C15H16FNO3. The predicted molar refractivity (Wildman–Crippen MR) is 72.8 cm³/mol. The molecule has 1 heterocycles. The van der Waals surface area contributed by atoms with E-state index in [1.807, 2.05) is 6.92 Å². The lowest BCUT2D eigenvalue weighted by Gasteiger charge is -2.21. The van der Waals surface area contributed by atoms with Gasteiger partial charge < -0.3 is 10.0 Å². The van der Waals surface area contributed by atoms with Crippen molar-refractivity contribution in [3.63, 3.8) is 0 Å². The normalized spacial score (nSPS) is 18.7. The number of aliphatic carboxylic acids is 1. The molecule has 5 heteroatoms. The summed E-state index contributed by atoms with van der Waals surface area (Å²) in [4.78, 5) is 24.4. The molecule has 1 fully saturated rings. The molecule has 1 aliphatic rings. The van der Waals surface area contributed by atoms with Gasteiger partial charge in [0.1, 0.15) is 5.82 Å². The molecular weight excluding hydrogens is 261 g/mol. The van der Waals surface area contributed by atoms with Gasteiger partial charge in [0.25, 0.3) is 5.91 Å². The Bertz CT molecular complexity index is 568. The first kappa shape index (κ1) is 14.2. The lowest BCUT2D eigenvalue weighted by Crippen LogP contribution is -2.33. The first-order valence-corrected chi connectivity index (χ1v) is 6.50. The zero-order valence-electron chi connectivity index (χ0n) is 11.2. The van der Waals surface area contributed by atoms with E-state index in [0.717, 1.165) is 25.0 Å². The average molecular weight is 277 g/mol. The summed E-state index contributed by atoms with van der Waals surface area (Å²) in [5, 5.41) is 8.51. The fourth-order valence-electron chi connectivity index (χ4n) is 2.36. The molecule has 0 bridgehead atoms. The smallest absolute Gasteiger partial charge is 0.328 e. The fourth-order valence-corrected chi connectivity index (χ4v) is 2.36. The number of carbonyl (C=O) groups is 2. The van der Waals surface area contributed by atoms with Crippen LogP contribution >= 0.6 is 0 Å². The summed E-state index contributed by atoms with van der Waals surface area (Å²) in [5.74, 6) is -1.92. The molecule has 1 unspecified atom stereocenters. The van der Waals surface area contributed by atoms with Crippen molar-refractivity contribution in [3.05, 3.63) is 41.2 Å². The lowest BCUT2D eigenvalue weighted by atomic mass is 10.1. The van der Waals surface area contributed by atoms with E-state index in [4.69, 9.17) is 5.11 Å². The summed E-state index contributed by atoms with van der Waals surface area (Å²) in [6.45, 7) is 2.67. The van der Waals surface area contributed by atoms with Crippen LogP contribution in [0.15, 0.2) is 24.3 Å². The third kappa shape index (κ3) is 3.04. The summed E-state index contributed by atoms with van der Waals surface area (Å²) >= 11 is 0. The monoisotopic (exact) mass is 277 g/mol. The van der Waals surface area contributed by atoms with Gasteiger partial charge in [0.2, 0.25) is 0 Å². The van der Waals surface area contributed by atoms with E-state index in [1.165, 1.54) is 18.2 Å². The first-order valence-electron chi connectivity index (χ1n) is 6.50. The van der Waals surface area contributed by atoms with E-state index < -0.39 is 11.8 Å². The summed E-state index contributed by atoms with van der Waals surface area (Å²) in [7, 11) is 0. The number of carboxylic acid groups (broad SMARTS) is 1. The standard InChI is InChI=1S/C15H16FNO3/c1-10-3-2-8-17(10)15(20)12-5-4-11(13(16)9-12)6-7-14(18)19/h4-7,9-10H,2-3,8H2,1H3,(H,18,19). The van der Waals surface area contributed by atoms with E-state index in [1.54, 1.807) is 4.90 Å². The lowest BCUT2D eigenvalue weighted by molar-refractivity contribution is -0.131. The minimum atomic E-state index is -1.14. The highest BCUT2D eigenvalue weighted by Gasteiger charge is 2.26. The van der Waals surface area contributed by atoms with Gasteiger partial charge in [0, 0.05) is 29.8 Å². The summed E-state index contributed by atoms with van der Waals surface area (Å²) < 4.78 is 13.8. The van der Waals surface area contributed by atoms with Gasteiger partial charge in [-0.15, -0.1) is 0 Å². The number of likely N-dealkylation sites (tertiary alicyclic amines) is 1. The first-order chi connectivity index (χ1) is 9.49. The minimum Gasteiger partial charge on any atom is -0.478 e. The molecule has 1 amide bonds. The maximum Gasteiger partial charge on any atom is 0.328 e. The molecule has 1 aliphatic heterocycles. The molecule has 1 atom stereocenters. The zero-order valence-corrected chi connectivity index (χ0v) is 11.2. The second-order valence-electron chi connectivity index (χ2n) is 4.90. The van der Waals surface area contributed by atoms with E-state index in [9.17, 15) is 14.0 Å². The molecule has 0 spiro atoms. The number of rotatable bonds is 3. The van der Waals surface area contributed by atoms with Crippen LogP contribution in [0.3, 0.4) is 0 Å². The van der Waals surface area contributed by atoms with Crippen molar-refractivity contribution in [1.29, 1.82) is 0 Å². The third-order valence-electron chi connectivity index (χ3n) is 3.47. The van der Waals surface area contributed by atoms with Gasteiger partial charge in [-0.3, -0.25) is 4.79 Å². The van der Waals surface area contributed by atoms with Gasteiger partial charge in [-0.25, -0.2) is 9.18 Å². The van der Waals surface area contributed by atoms with Crippen molar-refractivity contribution in [3.8, 4) is 0 Å². The SMILES string of the molecule is CC1CCCN1C(=O)c1ccc(C=CC(=O)O)c(F)c1. The number of hydrogen-bond donors (Lipinski definition) is 1. The summed E-state index contributed by atoms with van der Waals surface area (Å²) in [6.07, 6.45) is 3.97.